The van der Waals surface area contributed by atoms with E-state index in [9.17, 15) is 4.79 Å². The van der Waals surface area contributed by atoms with Gasteiger partial charge in [0.05, 0.1) is 5.71 Å². The van der Waals surface area contributed by atoms with Crippen molar-refractivity contribution < 1.29 is 9.53 Å². The Morgan fingerprint density at radius 2 is 1.89 bits per heavy atom. The van der Waals surface area contributed by atoms with Crippen molar-refractivity contribution in [2.75, 3.05) is 6.61 Å². The van der Waals surface area contributed by atoms with E-state index in [1.807, 2.05) is 13.0 Å². The standard InChI is InChI=1S/C24H30N2O2/c1-15(2)19-10-9-16(3)13-23(19)28-14-24(27)26-25-22-8-6-7-20-18(5)11-17(4)12-21(20)22/h9-13,15H,6-8,14H2,1-5H3,(H,26,27). The van der Waals surface area contributed by atoms with E-state index < -0.39 is 0 Å². The smallest absolute Gasteiger partial charge is 0.277 e. The second-order valence-electron chi connectivity index (χ2n) is 8.04. The number of nitrogens with zero attached hydrogens (tertiary/aromatic N) is 1. The first-order valence-electron chi connectivity index (χ1n) is 10.0. The number of carbonyl (C=O) groups is 1. The molecule has 0 unspecified atom stereocenters. The maximum atomic E-state index is 12.3. The highest BCUT2D eigenvalue weighted by molar-refractivity contribution is 6.03. The van der Waals surface area contributed by atoms with Gasteiger partial charge in [-0.1, -0.05) is 37.6 Å². The summed E-state index contributed by atoms with van der Waals surface area (Å²) in [5.41, 5.74) is 10.9. The average molecular weight is 379 g/mol. The van der Waals surface area contributed by atoms with Crippen molar-refractivity contribution in [3.8, 4) is 5.75 Å². The summed E-state index contributed by atoms with van der Waals surface area (Å²) in [6.07, 6.45) is 3.01. The average Bonchev–Trinajstić information content (AvgIpc) is 2.64. The molecular formula is C24H30N2O2. The molecule has 3 rings (SSSR count). The number of carbonyl (C=O) groups excluding carboxylic acids is 1. The number of hydrazone groups is 1. The van der Waals surface area contributed by atoms with Crippen molar-refractivity contribution in [2.24, 2.45) is 5.10 Å². The van der Waals surface area contributed by atoms with E-state index >= 15 is 0 Å². The normalized spacial score (nSPS) is 14.9. The van der Waals surface area contributed by atoms with Gasteiger partial charge in [-0.15, -0.1) is 0 Å². The first-order chi connectivity index (χ1) is 13.3. The van der Waals surface area contributed by atoms with Gasteiger partial charge in [-0.05, 0) is 80.3 Å². The predicted molar refractivity (Wildman–Crippen MR) is 114 cm³/mol. The zero-order chi connectivity index (χ0) is 20.3. The Balaban J connectivity index is 1.69. The number of hydrogen-bond acceptors (Lipinski definition) is 3. The zero-order valence-corrected chi connectivity index (χ0v) is 17.6. The number of benzene rings is 2. The third kappa shape index (κ3) is 4.61. The number of fused-ring (bicyclic) bond motifs is 1. The Labute approximate surface area is 168 Å². The summed E-state index contributed by atoms with van der Waals surface area (Å²) < 4.78 is 5.81. The lowest BCUT2D eigenvalue weighted by Crippen LogP contribution is -2.27. The lowest BCUT2D eigenvalue weighted by molar-refractivity contribution is -0.123. The summed E-state index contributed by atoms with van der Waals surface area (Å²) in [5, 5.41) is 4.43. The lowest BCUT2D eigenvalue weighted by atomic mass is 9.86. The molecule has 148 valence electrons. The van der Waals surface area contributed by atoms with Gasteiger partial charge in [0.2, 0.25) is 0 Å². The van der Waals surface area contributed by atoms with Crippen molar-refractivity contribution >= 4 is 11.6 Å². The second kappa shape index (κ2) is 8.59. The van der Waals surface area contributed by atoms with Crippen LogP contribution in [0.25, 0.3) is 0 Å². The Morgan fingerprint density at radius 3 is 2.64 bits per heavy atom. The minimum absolute atomic E-state index is 0.0420. The SMILES string of the molecule is Cc1ccc(C(C)C)c(OCC(=O)NN=C2CCCc3c(C)cc(C)cc32)c1. The molecule has 1 aliphatic carbocycles. The molecule has 0 aliphatic heterocycles. The summed E-state index contributed by atoms with van der Waals surface area (Å²) in [6.45, 7) is 10.5. The number of nitrogens with one attached hydrogen (secondary N) is 1. The van der Waals surface area contributed by atoms with Gasteiger partial charge in [0.1, 0.15) is 5.75 Å². The molecule has 2 aromatic rings. The summed E-state index contributed by atoms with van der Waals surface area (Å²) in [5.74, 6) is 0.872. The molecule has 1 N–H and O–H groups in total. The maximum Gasteiger partial charge on any atom is 0.277 e. The minimum atomic E-state index is -0.236. The molecule has 0 aromatic heterocycles. The third-order valence-corrected chi connectivity index (χ3v) is 5.23. The predicted octanol–water partition coefficient (Wildman–Crippen LogP) is 4.97. The molecule has 1 amide bonds. The Bertz CT molecular complexity index is 913. The molecule has 1 aliphatic rings. The molecule has 4 nitrogen and oxygen atoms in total. The van der Waals surface area contributed by atoms with Gasteiger partial charge >= 0.3 is 0 Å². The fourth-order valence-corrected chi connectivity index (χ4v) is 3.82. The van der Waals surface area contributed by atoms with E-state index in [0.717, 1.165) is 41.9 Å². The molecule has 0 atom stereocenters. The number of amides is 1. The number of ether oxygens (including phenoxy) is 1. The van der Waals surface area contributed by atoms with E-state index in [2.05, 4.69) is 62.5 Å². The van der Waals surface area contributed by atoms with Gasteiger partial charge in [0.25, 0.3) is 5.91 Å². The van der Waals surface area contributed by atoms with Crippen LogP contribution in [0.3, 0.4) is 0 Å². The first kappa shape index (κ1) is 20.1. The Morgan fingerprint density at radius 1 is 1.11 bits per heavy atom. The monoisotopic (exact) mass is 378 g/mol. The summed E-state index contributed by atoms with van der Waals surface area (Å²) in [6, 6.07) is 10.5. The van der Waals surface area contributed by atoms with E-state index in [1.54, 1.807) is 0 Å². The third-order valence-electron chi connectivity index (χ3n) is 5.23. The molecule has 0 heterocycles. The van der Waals surface area contributed by atoms with Crippen molar-refractivity contribution in [3.05, 3.63) is 63.7 Å². The molecular weight excluding hydrogens is 348 g/mol. The van der Waals surface area contributed by atoms with Crippen LogP contribution in [0.4, 0.5) is 0 Å². The topological polar surface area (TPSA) is 50.7 Å². The highest BCUT2D eigenvalue weighted by atomic mass is 16.5. The summed E-state index contributed by atoms with van der Waals surface area (Å²) >= 11 is 0. The van der Waals surface area contributed by atoms with Crippen molar-refractivity contribution in [3.63, 3.8) is 0 Å². The lowest BCUT2D eigenvalue weighted by Gasteiger charge is -2.21. The molecule has 0 saturated carbocycles. The molecule has 0 bridgehead atoms. The van der Waals surface area contributed by atoms with Crippen LogP contribution in [0.2, 0.25) is 0 Å². The molecule has 0 spiro atoms. The van der Waals surface area contributed by atoms with E-state index in [4.69, 9.17) is 4.74 Å². The molecule has 28 heavy (non-hydrogen) atoms. The van der Waals surface area contributed by atoms with Crippen molar-refractivity contribution in [2.45, 2.75) is 59.8 Å². The number of rotatable bonds is 5. The van der Waals surface area contributed by atoms with Crippen molar-refractivity contribution in [1.29, 1.82) is 0 Å². The molecule has 2 aromatic carbocycles. The van der Waals surface area contributed by atoms with Crippen LogP contribution in [0.1, 0.15) is 66.0 Å². The van der Waals surface area contributed by atoms with Gasteiger partial charge in [-0.2, -0.15) is 5.10 Å². The first-order valence-corrected chi connectivity index (χ1v) is 10.0. The van der Waals surface area contributed by atoms with Gasteiger partial charge in [-0.3, -0.25) is 4.79 Å². The van der Waals surface area contributed by atoms with Crippen LogP contribution in [0.15, 0.2) is 35.4 Å². The van der Waals surface area contributed by atoms with Gasteiger partial charge in [0.15, 0.2) is 6.61 Å². The summed E-state index contributed by atoms with van der Waals surface area (Å²) in [7, 11) is 0. The number of hydrogen-bond donors (Lipinski definition) is 1. The highest BCUT2D eigenvalue weighted by Gasteiger charge is 2.18. The fourth-order valence-electron chi connectivity index (χ4n) is 3.82. The highest BCUT2D eigenvalue weighted by Crippen LogP contribution is 2.28. The van der Waals surface area contributed by atoms with Crippen LogP contribution in [0.5, 0.6) is 5.75 Å². The van der Waals surface area contributed by atoms with E-state index in [-0.39, 0.29) is 12.5 Å². The van der Waals surface area contributed by atoms with Gasteiger partial charge in [-0.25, -0.2) is 5.43 Å². The Kier molecular flexibility index (Phi) is 6.18. The molecule has 0 saturated heterocycles. The van der Waals surface area contributed by atoms with Crippen molar-refractivity contribution in [1.82, 2.24) is 5.43 Å². The number of aryl methyl sites for hydroxylation is 3. The Hall–Kier alpha value is -2.62. The van der Waals surface area contributed by atoms with Crippen LogP contribution in [-0.2, 0) is 11.2 Å². The quantitative estimate of drug-likeness (QED) is 0.747. The van der Waals surface area contributed by atoms with Crippen LogP contribution in [0, 0.1) is 20.8 Å². The van der Waals surface area contributed by atoms with Crippen LogP contribution in [-0.4, -0.2) is 18.2 Å². The molecule has 0 fully saturated rings. The maximum absolute atomic E-state index is 12.3. The second-order valence-corrected chi connectivity index (χ2v) is 8.04. The van der Waals surface area contributed by atoms with E-state index in [0.29, 0.717) is 5.92 Å². The fraction of sp³-hybridized carbons (Fsp3) is 0.417. The van der Waals surface area contributed by atoms with Gasteiger partial charge < -0.3 is 4.74 Å². The van der Waals surface area contributed by atoms with Crippen LogP contribution >= 0.6 is 0 Å². The van der Waals surface area contributed by atoms with Crippen LogP contribution < -0.4 is 10.2 Å². The molecule has 4 heteroatoms. The summed E-state index contributed by atoms with van der Waals surface area (Å²) in [4.78, 5) is 12.3. The largest absolute Gasteiger partial charge is 0.483 e. The zero-order valence-electron chi connectivity index (χ0n) is 17.6. The minimum Gasteiger partial charge on any atom is -0.483 e. The molecule has 0 radical (unpaired) electrons. The van der Waals surface area contributed by atoms with Gasteiger partial charge in [0, 0.05) is 5.56 Å². The van der Waals surface area contributed by atoms with E-state index in [1.165, 1.54) is 22.3 Å².